The molecule has 4 aromatic carbocycles. The molecule has 6 nitrogen and oxygen atoms in total. The van der Waals surface area contributed by atoms with Gasteiger partial charge in [-0.15, -0.1) is 0 Å². The molecule has 1 amide bonds. The molecule has 1 N–H and O–H groups in total. The molecular weight excluding hydrogens is 451 g/mol. The number of nitrogens with zero attached hydrogens (tertiary/aromatic N) is 1. The fraction of sp³-hybridized carbons (Fsp3) is 0.0417. The molecule has 8 heteroatoms. The third-order valence-corrected chi connectivity index (χ3v) is 5.49. The summed E-state index contributed by atoms with van der Waals surface area (Å²) in [5.74, 6) is 0.433. The zero-order valence-corrected chi connectivity index (χ0v) is 18.1. The molecular formula is C24H16Cl2N2O4. The van der Waals surface area contributed by atoms with Crippen LogP contribution in [-0.4, -0.2) is 10.8 Å². The van der Waals surface area contributed by atoms with E-state index in [0.717, 1.165) is 10.8 Å². The number of nitrogens with one attached hydrogen (secondary N) is 1. The van der Waals surface area contributed by atoms with Crippen LogP contribution >= 0.6 is 23.2 Å². The molecule has 0 saturated heterocycles. The summed E-state index contributed by atoms with van der Waals surface area (Å²) in [6.07, 6.45) is -0.139. The smallest absolute Gasteiger partial charge is 0.273 e. The van der Waals surface area contributed by atoms with Crippen LogP contribution in [0.5, 0.6) is 11.5 Å². The zero-order chi connectivity index (χ0) is 22.7. The van der Waals surface area contributed by atoms with Gasteiger partial charge in [0, 0.05) is 22.7 Å². The number of benzene rings is 4. The van der Waals surface area contributed by atoms with Gasteiger partial charge in [-0.2, -0.15) is 0 Å². The summed E-state index contributed by atoms with van der Waals surface area (Å²) in [5.41, 5.74) is 0.666. The van der Waals surface area contributed by atoms with Crippen LogP contribution in [0, 0.1) is 10.1 Å². The predicted molar refractivity (Wildman–Crippen MR) is 126 cm³/mol. The summed E-state index contributed by atoms with van der Waals surface area (Å²) in [5, 5.41) is 16.4. The first-order chi connectivity index (χ1) is 15.4. The highest BCUT2D eigenvalue weighted by Crippen LogP contribution is 2.38. The summed E-state index contributed by atoms with van der Waals surface area (Å²) in [4.78, 5) is 23.0. The number of anilines is 1. The van der Waals surface area contributed by atoms with Crippen molar-refractivity contribution >= 4 is 51.3 Å². The SMILES string of the molecule is O=C(Cc1ccccc1[N+](=O)[O-])Nc1ccc(Oc2ccc3ccccc3c2Cl)c(Cl)c1. The van der Waals surface area contributed by atoms with E-state index in [0.29, 0.717) is 27.8 Å². The largest absolute Gasteiger partial charge is 0.454 e. The normalized spacial score (nSPS) is 10.7. The minimum absolute atomic E-state index is 0.100. The van der Waals surface area contributed by atoms with Gasteiger partial charge >= 0.3 is 0 Å². The number of carbonyl (C=O) groups excluding carboxylic acids is 1. The number of ether oxygens (including phenoxy) is 1. The first-order valence-corrected chi connectivity index (χ1v) is 10.3. The standard InChI is InChI=1S/C24H16Cl2N2O4/c25-19-14-17(27-23(29)13-16-6-2-4-8-20(16)28(30)31)10-12-21(19)32-22-11-9-15-5-1-3-7-18(15)24(22)26/h1-12,14H,13H2,(H,27,29). The molecule has 0 spiro atoms. The van der Waals surface area contributed by atoms with Crippen LogP contribution in [0.2, 0.25) is 10.0 Å². The molecule has 0 aliphatic rings. The Bertz CT molecular complexity index is 1340. The monoisotopic (exact) mass is 466 g/mol. The van der Waals surface area contributed by atoms with Crippen molar-refractivity contribution < 1.29 is 14.5 Å². The number of halogens is 2. The minimum atomic E-state index is -0.510. The van der Waals surface area contributed by atoms with Crippen molar-refractivity contribution in [3.63, 3.8) is 0 Å². The molecule has 0 fully saturated rings. The van der Waals surface area contributed by atoms with Gasteiger partial charge in [-0.25, -0.2) is 0 Å². The molecule has 160 valence electrons. The number of carbonyl (C=O) groups is 1. The van der Waals surface area contributed by atoms with Gasteiger partial charge in [0.1, 0.15) is 11.5 Å². The maximum atomic E-state index is 12.4. The van der Waals surface area contributed by atoms with Gasteiger partial charge in [0.15, 0.2) is 0 Å². The van der Waals surface area contributed by atoms with Gasteiger partial charge in [0.2, 0.25) is 5.91 Å². The first-order valence-electron chi connectivity index (χ1n) is 9.59. The highest BCUT2D eigenvalue weighted by atomic mass is 35.5. The summed E-state index contributed by atoms with van der Waals surface area (Å²) >= 11 is 12.8. The fourth-order valence-corrected chi connectivity index (χ4v) is 3.78. The molecule has 0 aliphatic carbocycles. The third kappa shape index (κ3) is 4.66. The van der Waals surface area contributed by atoms with E-state index in [9.17, 15) is 14.9 Å². The Morgan fingerprint density at radius 3 is 2.44 bits per heavy atom. The second-order valence-corrected chi connectivity index (χ2v) is 7.74. The van der Waals surface area contributed by atoms with E-state index in [2.05, 4.69) is 5.32 Å². The second-order valence-electron chi connectivity index (χ2n) is 6.96. The van der Waals surface area contributed by atoms with Gasteiger partial charge in [-0.1, -0.05) is 71.7 Å². The topological polar surface area (TPSA) is 81.5 Å². The molecule has 0 saturated carbocycles. The fourth-order valence-electron chi connectivity index (χ4n) is 3.29. The number of amides is 1. The predicted octanol–water partition coefficient (Wildman–Crippen LogP) is 7.03. The number of para-hydroxylation sites is 1. The van der Waals surface area contributed by atoms with Crippen molar-refractivity contribution in [2.75, 3.05) is 5.32 Å². The average molecular weight is 467 g/mol. The van der Waals surface area contributed by atoms with E-state index >= 15 is 0 Å². The van der Waals surface area contributed by atoms with Gasteiger partial charge in [0.05, 0.1) is 21.4 Å². The van der Waals surface area contributed by atoms with Crippen LogP contribution in [0.1, 0.15) is 5.56 Å². The summed E-state index contributed by atoms with van der Waals surface area (Å²) in [6.45, 7) is 0. The molecule has 4 rings (SSSR count). The number of hydrogen-bond acceptors (Lipinski definition) is 4. The first kappa shape index (κ1) is 21.6. The lowest BCUT2D eigenvalue weighted by Crippen LogP contribution is -2.15. The van der Waals surface area contributed by atoms with Gasteiger partial charge < -0.3 is 10.1 Å². The van der Waals surface area contributed by atoms with E-state index in [1.807, 2.05) is 30.3 Å². The van der Waals surface area contributed by atoms with E-state index in [1.165, 1.54) is 6.07 Å². The zero-order valence-electron chi connectivity index (χ0n) is 16.5. The molecule has 0 bridgehead atoms. The molecule has 0 heterocycles. The highest BCUT2D eigenvalue weighted by molar-refractivity contribution is 6.37. The number of hydrogen-bond donors (Lipinski definition) is 1. The molecule has 4 aromatic rings. The Morgan fingerprint density at radius 2 is 1.66 bits per heavy atom. The Morgan fingerprint density at radius 1 is 0.938 bits per heavy atom. The van der Waals surface area contributed by atoms with Crippen molar-refractivity contribution in [3.05, 3.63) is 105 Å². The maximum Gasteiger partial charge on any atom is 0.273 e. The van der Waals surface area contributed by atoms with Crippen molar-refractivity contribution in [3.8, 4) is 11.5 Å². The highest BCUT2D eigenvalue weighted by Gasteiger charge is 2.16. The number of nitro groups is 1. The van der Waals surface area contributed by atoms with Crippen molar-refractivity contribution in [1.82, 2.24) is 0 Å². The Labute approximate surface area is 193 Å². The van der Waals surface area contributed by atoms with Crippen LogP contribution < -0.4 is 10.1 Å². The molecule has 32 heavy (non-hydrogen) atoms. The summed E-state index contributed by atoms with van der Waals surface area (Å²) < 4.78 is 5.89. The lowest BCUT2D eigenvalue weighted by atomic mass is 10.1. The van der Waals surface area contributed by atoms with Gasteiger partial charge in [-0.3, -0.25) is 14.9 Å². The van der Waals surface area contributed by atoms with Crippen LogP contribution in [-0.2, 0) is 11.2 Å². The Hall–Kier alpha value is -3.61. The third-order valence-electron chi connectivity index (χ3n) is 4.80. The Balaban J connectivity index is 1.49. The lowest BCUT2D eigenvalue weighted by molar-refractivity contribution is -0.385. The van der Waals surface area contributed by atoms with E-state index < -0.39 is 10.8 Å². The van der Waals surface area contributed by atoms with Gasteiger partial charge in [0.25, 0.3) is 5.69 Å². The molecule has 0 unspecified atom stereocenters. The molecule has 0 atom stereocenters. The summed E-state index contributed by atoms with van der Waals surface area (Å²) in [7, 11) is 0. The van der Waals surface area contributed by atoms with Crippen LogP contribution in [0.4, 0.5) is 11.4 Å². The maximum absolute atomic E-state index is 12.4. The van der Waals surface area contributed by atoms with Crippen LogP contribution in [0.15, 0.2) is 78.9 Å². The van der Waals surface area contributed by atoms with Crippen LogP contribution in [0.3, 0.4) is 0 Å². The molecule has 0 aromatic heterocycles. The number of nitro benzene ring substituents is 1. The van der Waals surface area contributed by atoms with E-state index in [-0.39, 0.29) is 17.1 Å². The lowest BCUT2D eigenvalue weighted by Gasteiger charge is -2.12. The minimum Gasteiger partial charge on any atom is -0.454 e. The quantitative estimate of drug-likeness (QED) is 0.244. The van der Waals surface area contributed by atoms with E-state index in [4.69, 9.17) is 27.9 Å². The van der Waals surface area contributed by atoms with Crippen LogP contribution in [0.25, 0.3) is 10.8 Å². The molecule has 0 radical (unpaired) electrons. The number of fused-ring (bicyclic) bond motifs is 1. The second kappa shape index (κ2) is 9.26. The summed E-state index contributed by atoms with van der Waals surface area (Å²) in [6, 6.07) is 22.3. The average Bonchev–Trinajstić information content (AvgIpc) is 2.77. The number of rotatable bonds is 6. The van der Waals surface area contributed by atoms with Crippen molar-refractivity contribution in [2.24, 2.45) is 0 Å². The van der Waals surface area contributed by atoms with Gasteiger partial charge in [-0.05, 0) is 29.7 Å². The molecule has 0 aliphatic heterocycles. The Kier molecular flexibility index (Phi) is 6.25. The van der Waals surface area contributed by atoms with E-state index in [1.54, 1.807) is 42.5 Å². The van der Waals surface area contributed by atoms with Crippen molar-refractivity contribution in [2.45, 2.75) is 6.42 Å². The van der Waals surface area contributed by atoms with Crippen molar-refractivity contribution in [1.29, 1.82) is 0 Å².